The number of benzene rings is 1. The van der Waals surface area contributed by atoms with E-state index in [-0.39, 0.29) is 5.82 Å². The summed E-state index contributed by atoms with van der Waals surface area (Å²) in [5.74, 6) is -4.13. The number of halogens is 3. The van der Waals surface area contributed by atoms with Gasteiger partial charge in [0.1, 0.15) is 11.6 Å². The second kappa shape index (κ2) is 8.95. The van der Waals surface area contributed by atoms with Gasteiger partial charge in [0.2, 0.25) is 11.8 Å². The molecule has 0 unspecified atom stereocenters. The van der Waals surface area contributed by atoms with Crippen molar-refractivity contribution < 1.29 is 13.2 Å². The molecule has 0 fully saturated rings. The van der Waals surface area contributed by atoms with E-state index in [9.17, 15) is 4.39 Å². The largest absolute Gasteiger partial charge is 0.375 e. The van der Waals surface area contributed by atoms with Crippen LogP contribution in [0.25, 0.3) is 22.8 Å². The van der Waals surface area contributed by atoms with Gasteiger partial charge in [0.15, 0.2) is 5.82 Å². The van der Waals surface area contributed by atoms with Crippen LogP contribution in [0.3, 0.4) is 0 Å². The van der Waals surface area contributed by atoms with Gasteiger partial charge in [-0.3, -0.25) is 4.57 Å². The minimum Gasteiger partial charge on any atom is -0.375 e. The fourth-order valence-electron chi connectivity index (χ4n) is 4.26. The maximum Gasteiger partial charge on any atom is 0.334 e. The second-order valence-electron chi connectivity index (χ2n) is 8.27. The van der Waals surface area contributed by atoms with Crippen molar-refractivity contribution >= 4 is 12.2 Å². The lowest BCUT2D eigenvalue weighted by Gasteiger charge is -2.27. The van der Waals surface area contributed by atoms with E-state index in [1.165, 1.54) is 22.8 Å². The highest BCUT2D eigenvalue weighted by atomic mass is 19.3. The molecule has 0 saturated heterocycles. The summed E-state index contributed by atoms with van der Waals surface area (Å²) in [4.78, 5) is 8.73. The van der Waals surface area contributed by atoms with Gasteiger partial charge in [-0.25, -0.2) is 14.4 Å². The van der Waals surface area contributed by atoms with Crippen molar-refractivity contribution in [1.82, 2.24) is 34.6 Å². The zero-order valence-corrected chi connectivity index (χ0v) is 19.4. The van der Waals surface area contributed by atoms with Crippen LogP contribution in [-0.4, -0.2) is 42.6 Å². The third kappa shape index (κ3) is 3.89. The van der Waals surface area contributed by atoms with E-state index in [2.05, 4.69) is 30.8 Å². The minimum absolute atomic E-state index is 0.268. The van der Waals surface area contributed by atoms with Gasteiger partial charge in [0.25, 0.3) is 0 Å². The number of aromatic nitrogens is 6. The predicted molar refractivity (Wildman–Crippen MR) is 128 cm³/mol. The first kappa shape index (κ1) is 23.3. The van der Waals surface area contributed by atoms with Crippen LogP contribution in [0.1, 0.15) is 24.4 Å². The van der Waals surface area contributed by atoms with Gasteiger partial charge in [-0.1, -0.05) is 12.1 Å². The normalized spacial score (nSPS) is 15.2. The Morgan fingerprint density at radius 2 is 2.03 bits per heavy atom. The standard InChI is InChI=1S/C24H22F3N9/c1-14-12-35-13-15(18-8-10-30-23(31-18)32-20(29-2)7-9-28)11-19(35)21-33-34-22(36(14)21)24(26,27)16-5-3-4-6-17(16)25/h3-11,13-14,28-29H,12H2,1-2H3,(H,30,31,32)/b20-7+,28-9?/t14-/m0/s1. The van der Waals surface area contributed by atoms with Crippen molar-refractivity contribution in [3.8, 4) is 22.8 Å². The summed E-state index contributed by atoms with van der Waals surface area (Å²) < 4.78 is 48.3. The molecule has 3 aromatic heterocycles. The SMILES string of the molecule is CN/C(=C\C=N)Nc1nccc(-c2cc3n(c2)C[C@H](C)n2c-3nnc2C(F)(F)c2ccccc2F)n1. The highest BCUT2D eigenvalue weighted by Gasteiger charge is 2.44. The second-order valence-corrected chi connectivity index (χ2v) is 8.27. The molecule has 5 rings (SSSR count). The number of nitrogens with one attached hydrogen (secondary N) is 3. The lowest BCUT2D eigenvalue weighted by molar-refractivity contribution is 0.0231. The fourth-order valence-corrected chi connectivity index (χ4v) is 4.26. The van der Waals surface area contributed by atoms with Gasteiger partial charge in [0, 0.05) is 37.8 Å². The molecule has 1 atom stereocenters. The summed E-state index contributed by atoms with van der Waals surface area (Å²) >= 11 is 0. The summed E-state index contributed by atoms with van der Waals surface area (Å²) in [6, 6.07) is 7.93. The van der Waals surface area contributed by atoms with E-state index in [1.807, 2.05) is 10.8 Å². The topological polar surface area (TPSA) is 109 Å². The van der Waals surface area contributed by atoms with Crippen LogP contribution in [0.15, 0.2) is 60.7 Å². The predicted octanol–water partition coefficient (Wildman–Crippen LogP) is 4.18. The molecule has 36 heavy (non-hydrogen) atoms. The Hall–Kier alpha value is -4.48. The molecule has 0 radical (unpaired) electrons. The molecule has 0 aliphatic carbocycles. The molecule has 4 heterocycles. The summed E-state index contributed by atoms with van der Waals surface area (Å²) in [7, 11) is 1.70. The van der Waals surface area contributed by atoms with Crippen LogP contribution < -0.4 is 10.6 Å². The van der Waals surface area contributed by atoms with Crippen LogP contribution in [0.5, 0.6) is 0 Å². The number of allylic oxidation sites excluding steroid dienone is 1. The summed E-state index contributed by atoms with van der Waals surface area (Å²) in [5.41, 5.74) is 1.20. The average molecular weight is 493 g/mol. The number of anilines is 1. The summed E-state index contributed by atoms with van der Waals surface area (Å²) in [6.45, 7) is 2.18. The van der Waals surface area contributed by atoms with Crippen molar-refractivity contribution in [2.75, 3.05) is 12.4 Å². The molecule has 184 valence electrons. The molecule has 0 saturated carbocycles. The van der Waals surface area contributed by atoms with Crippen LogP contribution in [0.4, 0.5) is 19.1 Å². The van der Waals surface area contributed by atoms with Gasteiger partial charge in [0.05, 0.1) is 23.0 Å². The highest BCUT2D eigenvalue weighted by Crippen LogP contribution is 2.41. The molecule has 1 aliphatic heterocycles. The van der Waals surface area contributed by atoms with E-state index in [1.54, 1.807) is 32.3 Å². The first-order chi connectivity index (χ1) is 17.3. The van der Waals surface area contributed by atoms with Crippen molar-refractivity contribution in [3.05, 3.63) is 77.9 Å². The molecular weight excluding hydrogens is 471 g/mol. The van der Waals surface area contributed by atoms with Gasteiger partial charge >= 0.3 is 5.92 Å². The molecule has 0 bridgehead atoms. The van der Waals surface area contributed by atoms with Gasteiger partial charge in [-0.2, -0.15) is 8.78 Å². The number of hydrogen-bond acceptors (Lipinski definition) is 7. The number of alkyl halides is 2. The third-order valence-corrected chi connectivity index (χ3v) is 5.93. The van der Waals surface area contributed by atoms with Crippen LogP contribution >= 0.6 is 0 Å². The van der Waals surface area contributed by atoms with E-state index >= 15 is 8.78 Å². The Kier molecular flexibility index (Phi) is 5.78. The third-order valence-electron chi connectivity index (χ3n) is 5.93. The Labute approximate surface area is 204 Å². The van der Waals surface area contributed by atoms with Crippen LogP contribution in [-0.2, 0) is 12.5 Å². The average Bonchev–Trinajstić information content (AvgIpc) is 3.49. The van der Waals surface area contributed by atoms with E-state index < -0.39 is 29.2 Å². The zero-order chi connectivity index (χ0) is 25.4. The monoisotopic (exact) mass is 493 g/mol. The summed E-state index contributed by atoms with van der Waals surface area (Å²) in [6.07, 6.45) is 6.12. The highest BCUT2D eigenvalue weighted by molar-refractivity contribution is 5.70. The smallest absolute Gasteiger partial charge is 0.334 e. The fraction of sp³-hybridized carbons (Fsp3) is 0.208. The van der Waals surface area contributed by atoms with Gasteiger partial charge in [-0.05, 0) is 37.3 Å². The molecule has 0 amide bonds. The first-order valence-electron chi connectivity index (χ1n) is 11.1. The lowest BCUT2D eigenvalue weighted by Crippen LogP contribution is -2.28. The quantitative estimate of drug-likeness (QED) is 0.333. The molecule has 0 spiro atoms. The van der Waals surface area contributed by atoms with Gasteiger partial charge < -0.3 is 20.6 Å². The number of rotatable bonds is 7. The van der Waals surface area contributed by atoms with E-state index in [0.29, 0.717) is 29.7 Å². The first-order valence-corrected chi connectivity index (χ1v) is 11.1. The van der Waals surface area contributed by atoms with Crippen molar-refractivity contribution in [3.63, 3.8) is 0 Å². The van der Waals surface area contributed by atoms with Gasteiger partial charge in [-0.15, -0.1) is 10.2 Å². The molecule has 4 aromatic rings. The number of fused-ring (bicyclic) bond motifs is 3. The molecule has 3 N–H and O–H groups in total. The maximum atomic E-state index is 15.4. The molecular formula is C24H22F3N9. The molecule has 9 nitrogen and oxygen atoms in total. The maximum absolute atomic E-state index is 15.4. The van der Waals surface area contributed by atoms with Crippen molar-refractivity contribution in [2.45, 2.75) is 25.4 Å². The Bertz CT molecular complexity index is 1470. The van der Waals surface area contributed by atoms with Crippen LogP contribution in [0.2, 0.25) is 0 Å². The minimum atomic E-state index is -3.66. The van der Waals surface area contributed by atoms with Crippen LogP contribution in [0, 0.1) is 11.2 Å². The molecule has 12 heteroatoms. The van der Waals surface area contributed by atoms with E-state index in [4.69, 9.17) is 5.41 Å². The Balaban J connectivity index is 1.53. The Morgan fingerprint density at radius 3 is 2.78 bits per heavy atom. The lowest BCUT2D eigenvalue weighted by atomic mass is 10.1. The van der Waals surface area contributed by atoms with E-state index in [0.717, 1.165) is 23.9 Å². The Morgan fingerprint density at radius 1 is 1.22 bits per heavy atom. The number of hydrogen-bond donors (Lipinski definition) is 3. The summed E-state index contributed by atoms with van der Waals surface area (Å²) in [5, 5.41) is 21.0. The molecule has 1 aliphatic rings. The number of nitrogens with zero attached hydrogens (tertiary/aromatic N) is 6. The molecule has 1 aromatic carbocycles. The van der Waals surface area contributed by atoms with Crippen molar-refractivity contribution in [1.29, 1.82) is 5.41 Å². The van der Waals surface area contributed by atoms with Crippen molar-refractivity contribution in [2.24, 2.45) is 0 Å². The zero-order valence-electron chi connectivity index (χ0n) is 19.4.